The minimum atomic E-state index is -0.130. The zero-order chi connectivity index (χ0) is 28.3. The summed E-state index contributed by atoms with van der Waals surface area (Å²) in [6.07, 6.45) is 11.7. The van der Waals surface area contributed by atoms with Crippen LogP contribution in [-0.2, 0) is 42.7 Å². The first-order valence-electron chi connectivity index (χ1n) is 15.2. The first-order chi connectivity index (χ1) is 19.3. The SMILES string of the molecule is CCCCCCCCCCCC(=O)OCCOCCOCCOCCOCCOCCOCCOCCNC. The lowest BCUT2D eigenvalue weighted by Crippen LogP contribution is -2.17. The van der Waals surface area contributed by atoms with Crippen molar-refractivity contribution in [2.45, 2.75) is 71.1 Å². The lowest BCUT2D eigenvalue weighted by molar-refractivity contribution is -0.145. The first kappa shape index (κ1) is 38.1. The molecule has 1 N–H and O–H groups in total. The van der Waals surface area contributed by atoms with E-state index in [0.717, 1.165) is 19.4 Å². The van der Waals surface area contributed by atoms with Gasteiger partial charge in [-0.1, -0.05) is 58.3 Å². The van der Waals surface area contributed by atoms with E-state index in [-0.39, 0.29) is 5.97 Å². The molecular weight excluding hydrogens is 506 g/mol. The van der Waals surface area contributed by atoms with Crippen LogP contribution in [0.3, 0.4) is 0 Å². The van der Waals surface area contributed by atoms with Crippen molar-refractivity contribution in [3.63, 3.8) is 0 Å². The van der Waals surface area contributed by atoms with Gasteiger partial charge in [-0.2, -0.15) is 0 Å². The second kappa shape index (κ2) is 35.2. The van der Waals surface area contributed by atoms with Crippen molar-refractivity contribution in [3.05, 3.63) is 0 Å². The molecule has 0 heterocycles. The van der Waals surface area contributed by atoms with E-state index in [9.17, 15) is 4.79 Å². The molecule has 0 aromatic rings. The summed E-state index contributed by atoms with van der Waals surface area (Å²) in [6, 6.07) is 0. The molecule has 0 atom stereocenters. The third-order valence-corrected chi connectivity index (χ3v) is 5.70. The van der Waals surface area contributed by atoms with Gasteiger partial charge in [-0.05, 0) is 13.5 Å². The van der Waals surface area contributed by atoms with Crippen molar-refractivity contribution in [2.75, 3.05) is 113 Å². The van der Waals surface area contributed by atoms with Crippen LogP contribution >= 0.6 is 0 Å². The summed E-state index contributed by atoms with van der Waals surface area (Å²) in [7, 11) is 1.90. The van der Waals surface area contributed by atoms with Crippen LogP contribution in [0, 0.1) is 0 Å². The normalized spacial score (nSPS) is 11.3. The second-order valence-electron chi connectivity index (χ2n) is 9.19. The first-order valence-corrected chi connectivity index (χ1v) is 15.2. The van der Waals surface area contributed by atoms with E-state index in [1.54, 1.807) is 0 Å². The molecular formula is C29H59NO9. The minimum absolute atomic E-state index is 0.130. The molecule has 0 amide bonds. The molecule has 0 aliphatic heterocycles. The Hall–Kier alpha value is -0.850. The van der Waals surface area contributed by atoms with Gasteiger partial charge in [-0.15, -0.1) is 0 Å². The number of ether oxygens (including phenoxy) is 8. The van der Waals surface area contributed by atoms with E-state index in [0.29, 0.717) is 106 Å². The number of unbranched alkanes of at least 4 members (excludes halogenated alkanes) is 8. The van der Waals surface area contributed by atoms with Gasteiger partial charge in [0.25, 0.3) is 0 Å². The van der Waals surface area contributed by atoms with Crippen LogP contribution in [0.15, 0.2) is 0 Å². The van der Waals surface area contributed by atoms with Gasteiger partial charge in [0, 0.05) is 13.0 Å². The Bertz CT molecular complexity index is 472. The third-order valence-electron chi connectivity index (χ3n) is 5.70. The number of hydrogen-bond donors (Lipinski definition) is 1. The molecule has 0 unspecified atom stereocenters. The number of hydrogen-bond acceptors (Lipinski definition) is 10. The average Bonchev–Trinajstić information content (AvgIpc) is 2.94. The predicted octanol–water partition coefficient (Wildman–Crippen LogP) is 3.79. The molecule has 0 saturated carbocycles. The smallest absolute Gasteiger partial charge is 0.305 e. The zero-order valence-corrected chi connectivity index (χ0v) is 25.1. The van der Waals surface area contributed by atoms with Gasteiger partial charge in [0.1, 0.15) is 6.61 Å². The van der Waals surface area contributed by atoms with Crippen LogP contribution in [0.25, 0.3) is 0 Å². The number of likely N-dealkylation sites (N-methyl/N-ethyl adjacent to an activating group) is 1. The van der Waals surface area contributed by atoms with Crippen LogP contribution in [0.4, 0.5) is 0 Å². The molecule has 0 aliphatic carbocycles. The topological polar surface area (TPSA) is 103 Å². The molecule has 0 bridgehead atoms. The van der Waals surface area contributed by atoms with Gasteiger partial charge >= 0.3 is 5.97 Å². The van der Waals surface area contributed by atoms with Crippen molar-refractivity contribution in [2.24, 2.45) is 0 Å². The highest BCUT2D eigenvalue weighted by atomic mass is 16.6. The fraction of sp³-hybridized carbons (Fsp3) is 0.966. The van der Waals surface area contributed by atoms with Gasteiger partial charge in [0.05, 0.1) is 92.5 Å². The molecule has 234 valence electrons. The van der Waals surface area contributed by atoms with Crippen LogP contribution in [0.2, 0.25) is 0 Å². The minimum Gasteiger partial charge on any atom is -0.463 e. The Kier molecular flexibility index (Phi) is 34.4. The van der Waals surface area contributed by atoms with E-state index in [1.165, 1.54) is 44.9 Å². The Morgan fingerprint density at radius 2 is 0.795 bits per heavy atom. The molecule has 0 aromatic carbocycles. The highest BCUT2D eigenvalue weighted by Gasteiger charge is 2.02. The summed E-state index contributed by atoms with van der Waals surface area (Å²) in [6.45, 7) is 10.8. The monoisotopic (exact) mass is 565 g/mol. The highest BCUT2D eigenvalue weighted by Crippen LogP contribution is 2.10. The van der Waals surface area contributed by atoms with E-state index in [2.05, 4.69) is 12.2 Å². The Morgan fingerprint density at radius 3 is 1.18 bits per heavy atom. The Labute approximate surface area is 238 Å². The average molecular weight is 566 g/mol. The Morgan fingerprint density at radius 1 is 0.462 bits per heavy atom. The molecule has 0 fully saturated rings. The quantitative estimate of drug-likeness (QED) is 0.0916. The van der Waals surface area contributed by atoms with Gasteiger partial charge in [0.2, 0.25) is 0 Å². The maximum Gasteiger partial charge on any atom is 0.305 e. The van der Waals surface area contributed by atoms with Crippen LogP contribution in [0.1, 0.15) is 71.1 Å². The zero-order valence-electron chi connectivity index (χ0n) is 25.1. The summed E-state index contributed by atoms with van der Waals surface area (Å²) >= 11 is 0. The number of carbonyl (C=O) groups is 1. The number of esters is 1. The number of carbonyl (C=O) groups excluding carboxylic acids is 1. The molecule has 0 rings (SSSR count). The Balaban J connectivity index is 3.11. The summed E-state index contributed by atoms with van der Waals surface area (Å²) in [5.74, 6) is -0.130. The lowest BCUT2D eigenvalue weighted by Gasteiger charge is -2.09. The largest absolute Gasteiger partial charge is 0.463 e. The van der Waals surface area contributed by atoms with Gasteiger partial charge in [-0.25, -0.2) is 0 Å². The van der Waals surface area contributed by atoms with Crippen LogP contribution in [-0.4, -0.2) is 119 Å². The van der Waals surface area contributed by atoms with E-state index < -0.39 is 0 Å². The fourth-order valence-corrected chi connectivity index (χ4v) is 3.46. The summed E-state index contributed by atoms with van der Waals surface area (Å²) in [5.41, 5.74) is 0. The standard InChI is InChI=1S/C29H59NO9/c1-3-4-5-6-7-8-9-10-11-12-29(31)39-28-27-38-26-25-37-24-23-36-22-21-35-20-19-34-18-17-33-16-15-32-14-13-30-2/h30H,3-28H2,1-2H3. The van der Waals surface area contributed by atoms with Crippen LogP contribution in [0.5, 0.6) is 0 Å². The predicted molar refractivity (Wildman–Crippen MR) is 152 cm³/mol. The summed E-state index contributed by atoms with van der Waals surface area (Å²) < 4.78 is 43.2. The molecule has 10 heteroatoms. The van der Waals surface area contributed by atoms with E-state index in [4.69, 9.17) is 37.9 Å². The maximum absolute atomic E-state index is 11.7. The van der Waals surface area contributed by atoms with E-state index in [1.807, 2.05) is 7.05 Å². The summed E-state index contributed by atoms with van der Waals surface area (Å²) in [5, 5.41) is 3.02. The van der Waals surface area contributed by atoms with Crippen molar-refractivity contribution in [3.8, 4) is 0 Å². The molecule has 0 spiro atoms. The number of nitrogens with one attached hydrogen (secondary N) is 1. The second-order valence-corrected chi connectivity index (χ2v) is 9.19. The molecule has 0 radical (unpaired) electrons. The summed E-state index contributed by atoms with van der Waals surface area (Å²) in [4.78, 5) is 11.7. The lowest BCUT2D eigenvalue weighted by atomic mass is 10.1. The molecule has 0 saturated heterocycles. The maximum atomic E-state index is 11.7. The number of rotatable bonds is 34. The van der Waals surface area contributed by atoms with Gasteiger partial charge in [0.15, 0.2) is 0 Å². The highest BCUT2D eigenvalue weighted by molar-refractivity contribution is 5.69. The molecule has 0 aliphatic rings. The van der Waals surface area contributed by atoms with Crippen molar-refractivity contribution in [1.29, 1.82) is 0 Å². The van der Waals surface area contributed by atoms with Crippen molar-refractivity contribution in [1.82, 2.24) is 5.32 Å². The van der Waals surface area contributed by atoms with Gasteiger partial charge in [-0.3, -0.25) is 4.79 Å². The van der Waals surface area contributed by atoms with Crippen molar-refractivity contribution < 1.29 is 42.7 Å². The van der Waals surface area contributed by atoms with Crippen LogP contribution < -0.4 is 5.32 Å². The fourth-order valence-electron chi connectivity index (χ4n) is 3.46. The third kappa shape index (κ3) is 35.1. The molecule has 39 heavy (non-hydrogen) atoms. The molecule has 10 nitrogen and oxygen atoms in total. The van der Waals surface area contributed by atoms with Crippen molar-refractivity contribution >= 4 is 5.97 Å². The molecule has 0 aromatic heterocycles. The van der Waals surface area contributed by atoms with E-state index >= 15 is 0 Å². The van der Waals surface area contributed by atoms with Gasteiger partial charge < -0.3 is 43.2 Å².